The lowest BCUT2D eigenvalue weighted by Gasteiger charge is -2.31. The molecule has 0 saturated carbocycles. The number of carbonyl (C=O) groups excluding carboxylic acids is 1. The summed E-state index contributed by atoms with van der Waals surface area (Å²) in [5, 5.41) is 17.4. The number of aryl methyl sites for hydroxylation is 1. The van der Waals surface area contributed by atoms with E-state index in [1.165, 1.54) is 11.7 Å². The molecule has 1 N–H and O–H groups in total. The monoisotopic (exact) mass is 581 g/mol. The third kappa shape index (κ3) is 4.83. The molecule has 4 atom stereocenters. The van der Waals surface area contributed by atoms with Gasteiger partial charge >= 0.3 is 0 Å². The summed E-state index contributed by atoms with van der Waals surface area (Å²) in [6, 6.07) is 8.70. The number of fused-ring (bicyclic) bond motifs is 2. The molecule has 3 aromatic rings. The Morgan fingerprint density at radius 1 is 1.29 bits per heavy atom. The minimum absolute atomic E-state index is 0.0270. The Morgan fingerprint density at radius 2 is 2.07 bits per heavy atom. The molecule has 218 valence electrons. The van der Waals surface area contributed by atoms with Gasteiger partial charge in [-0.1, -0.05) is 18.2 Å². The van der Waals surface area contributed by atoms with Crippen molar-refractivity contribution in [1.82, 2.24) is 19.6 Å². The van der Waals surface area contributed by atoms with E-state index in [4.69, 9.17) is 9.47 Å². The van der Waals surface area contributed by atoms with Crippen LogP contribution in [-0.2, 0) is 28.1 Å². The molecule has 2 aromatic heterocycles. The van der Waals surface area contributed by atoms with E-state index < -0.39 is 31.6 Å². The molecule has 0 radical (unpaired) electrons. The first kappa shape index (κ1) is 28.9. The SMILES string of the molecule is C=CCN1C(=O)[C@]2(O[C@H](CCn3cc(CCO)nn3)[C@@H]([Si](C)(C)F)[C@@H]2C)c2cc(-n3cccc(OC)c3=O)ccc21. The first-order chi connectivity index (χ1) is 19.6. The van der Waals surface area contributed by atoms with Gasteiger partial charge in [-0.15, -0.1) is 11.7 Å². The Kier molecular flexibility index (Phi) is 7.75. The highest BCUT2D eigenvalue weighted by molar-refractivity contribution is 6.72. The van der Waals surface area contributed by atoms with E-state index >= 15 is 4.11 Å². The normalized spacial score (nSPS) is 23.8. The van der Waals surface area contributed by atoms with Crippen LogP contribution in [0.15, 0.2) is 60.2 Å². The fraction of sp³-hybridized carbons (Fsp3) is 0.448. The average Bonchev–Trinajstić information content (AvgIpc) is 3.58. The molecule has 5 rings (SSSR count). The number of methoxy groups -OCH3 is 1. The van der Waals surface area contributed by atoms with Crippen LogP contribution in [-0.4, -0.2) is 65.3 Å². The van der Waals surface area contributed by atoms with Gasteiger partial charge in [0.2, 0.25) is 8.41 Å². The Morgan fingerprint density at radius 3 is 2.76 bits per heavy atom. The van der Waals surface area contributed by atoms with Gasteiger partial charge in [0.25, 0.3) is 11.5 Å². The zero-order valence-electron chi connectivity index (χ0n) is 23.8. The second-order valence-corrected chi connectivity index (χ2v) is 15.0. The van der Waals surface area contributed by atoms with Crippen LogP contribution in [0.4, 0.5) is 9.80 Å². The smallest absolute Gasteiger partial charge is 0.297 e. The maximum Gasteiger partial charge on any atom is 0.297 e. The lowest BCUT2D eigenvalue weighted by Crippen LogP contribution is -2.45. The number of ether oxygens (including phenoxy) is 2. The van der Waals surface area contributed by atoms with Gasteiger partial charge in [0.1, 0.15) is 0 Å². The standard InChI is InChI=1S/C29H36FN5O5Si/c1-6-13-35-23-10-9-21(34-14-7-8-25(39-3)27(34)37)17-22(23)29(28(35)38)19(2)26(41(4,5)30)24(40-29)11-15-33-18-20(12-16-36)31-32-33/h6-10,14,17-19,24,26,36H,1,11-13,15-16H2,2-5H3/t19-,24+,26-,29+/m0/s1. The molecule has 1 aromatic carbocycles. The Labute approximate surface area is 239 Å². The third-order valence-corrected chi connectivity index (χ3v) is 10.7. The molecule has 4 heterocycles. The molecular weight excluding hydrogens is 545 g/mol. The molecule has 1 fully saturated rings. The van der Waals surface area contributed by atoms with Crippen LogP contribution in [0.1, 0.15) is 24.6 Å². The van der Waals surface area contributed by atoms with Crippen LogP contribution in [0.3, 0.4) is 0 Å². The van der Waals surface area contributed by atoms with Crippen molar-refractivity contribution < 1.29 is 23.5 Å². The fourth-order valence-electron chi connectivity index (χ4n) is 6.53. The van der Waals surface area contributed by atoms with Crippen molar-refractivity contribution in [2.45, 2.75) is 56.7 Å². The predicted octanol–water partition coefficient (Wildman–Crippen LogP) is 3.37. The van der Waals surface area contributed by atoms with E-state index in [1.54, 1.807) is 71.5 Å². The first-order valence-corrected chi connectivity index (χ1v) is 16.7. The number of hydrogen-bond donors (Lipinski definition) is 1. The lowest BCUT2D eigenvalue weighted by atomic mass is 9.82. The molecular formula is C29H36FN5O5Si. The first-order valence-electron chi connectivity index (χ1n) is 13.8. The summed E-state index contributed by atoms with van der Waals surface area (Å²) < 4.78 is 31.2. The van der Waals surface area contributed by atoms with Crippen molar-refractivity contribution in [2.75, 3.05) is 25.2 Å². The van der Waals surface area contributed by atoms with Crippen LogP contribution in [0, 0.1) is 5.92 Å². The van der Waals surface area contributed by atoms with Crippen LogP contribution in [0.25, 0.3) is 5.69 Å². The maximum absolute atomic E-state index is 16.1. The molecule has 41 heavy (non-hydrogen) atoms. The second kappa shape index (κ2) is 11.0. The zero-order chi connectivity index (χ0) is 29.5. The van der Waals surface area contributed by atoms with Crippen molar-refractivity contribution in [1.29, 1.82) is 0 Å². The third-order valence-electron chi connectivity index (χ3n) is 8.26. The Balaban J connectivity index is 1.59. The van der Waals surface area contributed by atoms with Crippen LogP contribution in [0.2, 0.25) is 18.6 Å². The zero-order valence-corrected chi connectivity index (χ0v) is 24.8. The number of amides is 1. The summed E-state index contributed by atoms with van der Waals surface area (Å²) in [6.07, 6.45) is 5.33. The minimum Gasteiger partial charge on any atom is -0.491 e. The van der Waals surface area contributed by atoms with E-state index in [2.05, 4.69) is 16.9 Å². The number of rotatable bonds is 10. The summed E-state index contributed by atoms with van der Waals surface area (Å²) in [6.45, 7) is 9.71. The number of aliphatic hydroxyl groups is 1. The highest BCUT2D eigenvalue weighted by Crippen LogP contribution is 2.60. The number of halogens is 1. The molecule has 2 aliphatic heterocycles. The molecule has 10 nitrogen and oxygen atoms in total. The predicted molar refractivity (Wildman–Crippen MR) is 155 cm³/mol. The van der Waals surface area contributed by atoms with Gasteiger partial charge in [-0.3, -0.25) is 18.8 Å². The number of carbonyl (C=O) groups is 1. The number of aliphatic hydroxyl groups excluding tert-OH is 1. The van der Waals surface area contributed by atoms with E-state index in [-0.39, 0.29) is 30.4 Å². The largest absolute Gasteiger partial charge is 0.491 e. The van der Waals surface area contributed by atoms with Gasteiger partial charge in [-0.2, -0.15) is 0 Å². The van der Waals surface area contributed by atoms with E-state index in [0.29, 0.717) is 42.0 Å². The molecule has 2 aliphatic rings. The topological polar surface area (TPSA) is 112 Å². The minimum atomic E-state index is -3.35. The molecule has 0 aliphatic carbocycles. The highest BCUT2D eigenvalue weighted by Gasteiger charge is 2.66. The summed E-state index contributed by atoms with van der Waals surface area (Å²) >= 11 is 0. The number of hydrogen-bond acceptors (Lipinski definition) is 7. The maximum atomic E-state index is 16.1. The summed E-state index contributed by atoms with van der Waals surface area (Å²) in [5.74, 6) is -0.539. The average molecular weight is 582 g/mol. The van der Waals surface area contributed by atoms with Crippen molar-refractivity contribution >= 4 is 20.0 Å². The van der Waals surface area contributed by atoms with Crippen molar-refractivity contribution in [2.24, 2.45) is 5.92 Å². The van der Waals surface area contributed by atoms with Gasteiger partial charge in [0.05, 0.1) is 24.6 Å². The number of aromatic nitrogens is 4. The summed E-state index contributed by atoms with van der Waals surface area (Å²) in [5.41, 5.74) is 0.246. The van der Waals surface area contributed by atoms with Gasteiger partial charge < -0.3 is 23.6 Å². The van der Waals surface area contributed by atoms with E-state index in [1.807, 2.05) is 6.92 Å². The fourth-order valence-corrected chi connectivity index (χ4v) is 9.08. The van der Waals surface area contributed by atoms with Crippen molar-refractivity contribution in [3.63, 3.8) is 0 Å². The lowest BCUT2D eigenvalue weighted by molar-refractivity contribution is -0.145. The van der Waals surface area contributed by atoms with Crippen molar-refractivity contribution in [3.05, 3.63) is 77.0 Å². The van der Waals surface area contributed by atoms with Crippen molar-refractivity contribution in [3.8, 4) is 11.4 Å². The Hall–Kier alpha value is -3.61. The molecule has 1 amide bonds. The number of anilines is 1. The molecule has 0 unspecified atom stereocenters. The molecule has 1 saturated heterocycles. The Bertz CT molecular complexity index is 1520. The molecule has 0 bridgehead atoms. The highest BCUT2D eigenvalue weighted by atomic mass is 28.4. The summed E-state index contributed by atoms with van der Waals surface area (Å²) in [4.78, 5) is 29.0. The van der Waals surface area contributed by atoms with E-state index in [9.17, 15) is 14.7 Å². The van der Waals surface area contributed by atoms with Crippen LogP contribution < -0.4 is 15.2 Å². The number of benzene rings is 1. The summed E-state index contributed by atoms with van der Waals surface area (Å²) in [7, 11) is -1.91. The number of pyridine rings is 1. The van der Waals surface area contributed by atoms with Gasteiger partial charge in [0.15, 0.2) is 11.4 Å². The van der Waals surface area contributed by atoms with Gasteiger partial charge in [0, 0.05) is 61.2 Å². The van der Waals surface area contributed by atoms with Gasteiger partial charge in [-0.05, 0) is 49.8 Å². The van der Waals surface area contributed by atoms with E-state index in [0.717, 1.165) is 0 Å². The molecule has 12 heteroatoms. The quantitative estimate of drug-likeness (QED) is 0.222. The van der Waals surface area contributed by atoms with Gasteiger partial charge in [-0.25, -0.2) is 0 Å². The van der Waals surface area contributed by atoms with Crippen LogP contribution in [0.5, 0.6) is 5.75 Å². The van der Waals surface area contributed by atoms with Crippen LogP contribution >= 0.6 is 0 Å². The number of nitrogens with zero attached hydrogens (tertiary/aromatic N) is 5. The second-order valence-electron chi connectivity index (χ2n) is 11.2. The molecule has 1 spiro atoms.